The zero-order valence-corrected chi connectivity index (χ0v) is 13.3. The van der Waals surface area contributed by atoms with Crippen molar-refractivity contribution in [3.05, 3.63) is 21.0 Å². The fraction of sp³-hybridized carbons (Fsp3) is 0.692. The van der Waals surface area contributed by atoms with Crippen molar-refractivity contribution in [3.8, 4) is 0 Å². The Kier molecular flexibility index (Phi) is 4.96. The molecule has 0 aliphatic rings. The molecular weight excluding hydrogens is 294 g/mol. The number of rotatable bonds is 5. The van der Waals surface area contributed by atoms with Gasteiger partial charge in [-0.25, -0.2) is 4.68 Å². The fourth-order valence-corrected chi connectivity index (χ4v) is 2.03. The van der Waals surface area contributed by atoms with Crippen molar-refractivity contribution in [1.82, 2.24) is 9.78 Å². The summed E-state index contributed by atoms with van der Waals surface area (Å²) in [5.74, 6) is 0. The molecule has 1 rings (SSSR count). The van der Waals surface area contributed by atoms with Gasteiger partial charge in [-0.3, -0.25) is 4.79 Å². The van der Waals surface area contributed by atoms with Crippen LogP contribution < -0.4 is 10.9 Å². The average Bonchev–Trinajstić information content (AvgIpc) is 2.34. The summed E-state index contributed by atoms with van der Waals surface area (Å²) < 4.78 is 2.03. The van der Waals surface area contributed by atoms with Gasteiger partial charge in [-0.15, -0.1) is 0 Å². The summed E-state index contributed by atoms with van der Waals surface area (Å²) in [5, 5.41) is 7.61. The first-order valence-electron chi connectivity index (χ1n) is 6.40. The molecule has 1 aromatic heterocycles. The average molecular weight is 316 g/mol. The van der Waals surface area contributed by atoms with Crippen molar-refractivity contribution >= 4 is 21.6 Å². The van der Waals surface area contributed by atoms with E-state index in [0.29, 0.717) is 4.47 Å². The molecule has 5 heteroatoms. The predicted molar refractivity (Wildman–Crippen MR) is 79.2 cm³/mol. The predicted octanol–water partition coefficient (Wildman–Crippen LogP) is 3.58. The van der Waals surface area contributed by atoms with Gasteiger partial charge in [0.15, 0.2) is 0 Å². The maximum Gasteiger partial charge on any atom is 0.283 e. The minimum atomic E-state index is -0.0930. The van der Waals surface area contributed by atoms with Gasteiger partial charge in [0.1, 0.15) is 4.47 Å². The summed E-state index contributed by atoms with van der Waals surface area (Å²) in [6, 6.07) is 0.0617. The summed E-state index contributed by atoms with van der Waals surface area (Å²) in [5.41, 5.74) is 0.661. The first-order chi connectivity index (χ1) is 8.34. The number of nitrogens with one attached hydrogen (secondary N) is 1. The van der Waals surface area contributed by atoms with Crippen LogP contribution in [-0.2, 0) is 0 Å². The maximum atomic E-state index is 12.1. The van der Waals surface area contributed by atoms with Crippen LogP contribution in [0.2, 0.25) is 0 Å². The Hall–Kier alpha value is -0.840. The molecule has 0 spiro atoms. The highest BCUT2D eigenvalue weighted by Gasteiger charge is 2.21. The molecule has 4 nitrogen and oxygen atoms in total. The minimum Gasteiger partial charge on any atom is -0.378 e. The molecule has 0 fully saturated rings. The van der Waals surface area contributed by atoms with E-state index in [-0.39, 0.29) is 17.1 Å². The van der Waals surface area contributed by atoms with Crippen molar-refractivity contribution in [2.75, 3.05) is 5.32 Å². The zero-order valence-electron chi connectivity index (χ0n) is 11.7. The molecule has 18 heavy (non-hydrogen) atoms. The molecular formula is C13H22BrN3O. The highest BCUT2D eigenvalue weighted by Crippen LogP contribution is 2.25. The van der Waals surface area contributed by atoms with Crippen LogP contribution >= 0.6 is 15.9 Å². The van der Waals surface area contributed by atoms with Crippen molar-refractivity contribution in [2.24, 2.45) is 0 Å². The van der Waals surface area contributed by atoms with E-state index in [1.165, 1.54) is 4.68 Å². The quantitative estimate of drug-likeness (QED) is 0.903. The Bertz CT molecular complexity index is 464. The number of aromatic nitrogens is 2. The molecule has 0 amide bonds. The highest BCUT2D eigenvalue weighted by molar-refractivity contribution is 9.10. The summed E-state index contributed by atoms with van der Waals surface area (Å²) >= 11 is 3.37. The van der Waals surface area contributed by atoms with Crippen LogP contribution in [0.5, 0.6) is 0 Å². The van der Waals surface area contributed by atoms with Crippen molar-refractivity contribution in [3.63, 3.8) is 0 Å². The lowest BCUT2D eigenvalue weighted by Gasteiger charge is -2.30. The van der Waals surface area contributed by atoms with Crippen LogP contribution in [0.15, 0.2) is 15.5 Å². The van der Waals surface area contributed by atoms with Gasteiger partial charge in [0.2, 0.25) is 0 Å². The first-order valence-corrected chi connectivity index (χ1v) is 7.19. The second-order valence-electron chi connectivity index (χ2n) is 5.11. The molecule has 0 saturated heterocycles. The highest BCUT2D eigenvalue weighted by atomic mass is 79.9. The fourth-order valence-electron chi connectivity index (χ4n) is 1.65. The normalized spacial score (nSPS) is 11.9. The minimum absolute atomic E-state index is 0.0132. The maximum absolute atomic E-state index is 12.1. The number of nitrogens with zero attached hydrogens (tertiary/aromatic N) is 2. The number of hydrogen-bond donors (Lipinski definition) is 1. The Morgan fingerprint density at radius 3 is 2.44 bits per heavy atom. The van der Waals surface area contributed by atoms with E-state index < -0.39 is 0 Å². The van der Waals surface area contributed by atoms with E-state index in [0.717, 1.165) is 18.5 Å². The lowest BCUT2D eigenvalue weighted by atomic mass is 9.95. The van der Waals surface area contributed by atoms with Crippen LogP contribution in [0.4, 0.5) is 5.69 Å². The van der Waals surface area contributed by atoms with E-state index in [9.17, 15) is 4.79 Å². The van der Waals surface area contributed by atoms with Gasteiger partial charge in [0.25, 0.3) is 5.56 Å². The summed E-state index contributed by atoms with van der Waals surface area (Å²) in [6.45, 7) is 10.3. The van der Waals surface area contributed by atoms with Gasteiger partial charge >= 0.3 is 0 Å². The topological polar surface area (TPSA) is 46.9 Å². The van der Waals surface area contributed by atoms with E-state index in [1.807, 2.05) is 13.8 Å². The molecule has 0 unspecified atom stereocenters. The van der Waals surface area contributed by atoms with E-state index in [2.05, 4.69) is 47.1 Å². The van der Waals surface area contributed by atoms with E-state index in [4.69, 9.17) is 0 Å². The standard InChI is InChI=1S/C13H22BrN3O/c1-6-13(5,7-2)16-10-8-15-17(9(3)4)12(18)11(10)14/h8-9,16H,6-7H2,1-5H3. The lowest BCUT2D eigenvalue weighted by molar-refractivity contribution is 0.473. The largest absolute Gasteiger partial charge is 0.378 e. The van der Waals surface area contributed by atoms with E-state index >= 15 is 0 Å². The van der Waals surface area contributed by atoms with Gasteiger partial charge < -0.3 is 5.32 Å². The molecule has 0 saturated carbocycles. The van der Waals surface area contributed by atoms with Crippen LogP contribution in [0.25, 0.3) is 0 Å². The number of hydrogen-bond acceptors (Lipinski definition) is 3. The Labute approximate surface area is 117 Å². The van der Waals surface area contributed by atoms with Gasteiger partial charge in [0, 0.05) is 5.54 Å². The summed E-state index contributed by atoms with van der Waals surface area (Å²) in [4.78, 5) is 12.1. The Morgan fingerprint density at radius 1 is 1.44 bits per heavy atom. The number of halogens is 1. The molecule has 0 aliphatic carbocycles. The lowest BCUT2D eigenvalue weighted by Crippen LogP contribution is -2.35. The molecule has 0 aromatic carbocycles. The SMILES string of the molecule is CCC(C)(CC)Nc1cnn(C(C)C)c(=O)c1Br. The third-order valence-electron chi connectivity index (χ3n) is 3.43. The van der Waals surface area contributed by atoms with Crippen LogP contribution in [0, 0.1) is 0 Å². The Balaban J connectivity index is 3.14. The Morgan fingerprint density at radius 2 is 2.00 bits per heavy atom. The molecule has 0 aliphatic heterocycles. The van der Waals surface area contributed by atoms with Gasteiger partial charge in [-0.05, 0) is 49.5 Å². The zero-order chi connectivity index (χ0) is 13.9. The van der Waals surface area contributed by atoms with Crippen LogP contribution in [-0.4, -0.2) is 15.3 Å². The molecule has 0 bridgehead atoms. The van der Waals surface area contributed by atoms with Crippen molar-refractivity contribution in [2.45, 2.75) is 59.0 Å². The summed E-state index contributed by atoms with van der Waals surface area (Å²) in [6.07, 6.45) is 3.70. The molecule has 1 heterocycles. The van der Waals surface area contributed by atoms with Crippen molar-refractivity contribution < 1.29 is 0 Å². The summed E-state index contributed by atoms with van der Waals surface area (Å²) in [7, 11) is 0. The molecule has 0 radical (unpaired) electrons. The van der Waals surface area contributed by atoms with E-state index in [1.54, 1.807) is 6.20 Å². The van der Waals surface area contributed by atoms with Crippen molar-refractivity contribution in [1.29, 1.82) is 0 Å². The molecule has 1 aromatic rings. The third-order valence-corrected chi connectivity index (χ3v) is 4.20. The van der Waals surface area contributed by atoms with Gasteiger partial charge in [-0.2, -0.15) is 5.10 Å². The monoisotopic (exact) mass is 315 g/mol. The van der Waals surface area contributed by atoms with Gasteiger partial charge in [0.05, 0.1) is 17.9 Å². The smallest absolute Gasteiger partial charge is 0.283 e. The molecule has 0 atom stereocenters. The first kappa shape index (κ1) is 15.2. The molecule has 102 valence electrons. The second-order valence-corrected chi connectivity index (χ2v) is 5.90. The third kappa shape index (κ3) is 3.13. The van der Waals surface area contributed by atoms with Gasteiger partial charge in [-0.1, -0.05) is 13.8 Å². The second kappa shape index (κ2) is 5.87. The van der Waals surface area contributed by atoms with Crippen LogP contribution in [0.3, 0.4) is 0 Å². The number of anilines is 1. The van der Waals surface area contributed by atoms with Crippen LogP contribution in [0.1, 0.15) is 53.5 Å². The molecule has 1 N–H and O–H groups in total.